The predicted octanol–water partition coefficient (Wildman–Crippen LogP) is 1.61. The number of hydrogen-bond donors (Lipinski definition) is 0. The highest BCUT2D eigenvalue weighted by atomic mass is 19.3. The number of aldehydes is 1. The molecule has 0 aromatic carbocycles. The summed E-state index contributed by atoms with van der Waals surface area (Å²) >= 11 is 0. The molecule has 0 saturated heterocycles. The van der Waals surface area contributed by atoms with E-state index in [1.54, 1.807) is 0 Å². The van der Waals surface area contributed by atoms with Crippen molar-refractivity contribution in [3.05, 3.63) is 33.0 Å². The van der Waals surface area contributed by atoms with Crippen LogP contribution in [0.15, 0.2) is 6.07 Å². The third kappa shape index (κ3) is 1.98. The Kier molecular flexibility index (Phi) is 3.20. The molecule has 0 aliphatic heterocycles. The van der Waals surface area contributed by atoms with Crippen LogP contribution in [0.1, 0.15) is 28.0 Å². The van der Waals surface area contributed by atoms with Crippen LogP contribution < -0.4 is 0 Å². The first-order valence-electron chi connectivity index (χ1n) is 3.84. The van der Waals surface area contributed by atoms with Crippen LogP contribution in [-0.2, 0) is 0 Å². The van der Waals surface area contributed by atoms with Crippen molar-refractivity contribution < 1.29 is 18.5 Å². The Bertz CT molecular complexity index is 496. The highest BCUT2D eigenvalue weighted by molar-refractivity contribution is 5.80. The maximum atomic E-state index is 12.4. The van der Waals surface area contributed by atoms with E-state index in [1.165, 1.54) is 6.07 Å². The maximum Gasteiger partial charge on any atom is 0.375 e. The molecule has 0 bridgehead atoms. The van der Waals surface area contributed by atoms with Gasteiger partial charge in [0, 0.05) is 0 Å². The predicted molar refractivity (Wildman–Crippen MR) is 46.0 cm³/mol. The van der Waals surface area contributed by atoms with Crippen LogP contribution in [0.3, 0.4) is 0 Å². The number of nitriles is 1. The van der Waals surface area contributed by atoms with E-state index in [0.717, 1.165) is 0 Å². The second-order valence-corrected chi connectivity index (χ2v) is 2.63. The van der Waals surface area contributed by atoms with Gasteiger partial charge < -0.3 is 10.1 Å². The van der Waals surface area contributed by atoms with Crippen molar-refractivity contribution in [2.24, 2.45) is 0 Å². The van der Waals surface area contributed by atoms with Gasteiger partial charge in [-0.15, -0.1) is 0 Å². The Morgan fingerprint density at radius 2 is 2.25 bits per heavy atom. The fourth-order valence-corrected chi connectivity index (χ4v) is 1.02. The molecule has 1 aromatic rings. The molecule has 0 atom stereocenters. The summed E-state index contributed by atoms with van der Waals surface area (Å²) in [6.45, 7) is 0. The van der Waals surface area contributed by atoms with Gasteiger partial charge in [-0.05, 0) is 16.0 Å². The summed E-state index contributed by atoms with van der Waals surface area (Å²) in [7, 11) is 0. The quantitative estimate of drug-likeness (QED) is 0.443. The average molecular weight is 227 g/mol. The molecule has 0 amide bonds. The average Bonchev–Trinajstić information content (AvgIpc) is 2.26. The molecule has 8 heteroatoms. The summed E-state index contributed by atoms with van der Waals surface area (Å²) in [5.41, 5.74) is -2.14. The third-order valence-corrected chi connectivity index (χ3v) is 1.70. The highest BCUT2D eigenvalue weighted by Gasteiger charge is 2.25. The lowest BCUT2D eigenvalue weighted by Gasteiger charge is -2.01. The van der Waals surface area contributed by atoms with Crippen molar-refractivity contribution in [2.75, 3.05) is 0 Å². The van der Waals surface area contributed by atoms with Gasteiger partial charge in [0.15, 0.2) is 6.29 Å². The molecule has 82 valence electrons. The van der Waals surface area contributed by atoms with Gasteiger partial charge in [0.2, 0.25) is 0 Å². The number of hydrogen-bond acceptors (Lipinski definition) is 5. The molecule has 0 saturated carbocycles. The van der Waals surface area contributed by atoms with Crippen molar-refractivity contribution in [3.63, 3.8) is 0 Å². The van der Waals surface area contributed by atoms with Gasteiger partial charge >= 0.3 is 5.82 Å². The fourth-order valence-electron chi connectivity index (χ4n) is 1.02. The highest BCUT2D eigenvalue weighted by Crippen LogP contribution is 2.26. The molecule has 16 heavy (non-hydrogen) atoms. The van der Waals surface area contributed by atoms with Crippen LogP contribution in [0.25, 0.3) is 0 Å². The molecule has 1 rings (SSSR count). The van der Waals surface area contributed by atoms with E-state index in [1.807, 2.05) is 0 Å². The van der Waals surface area contributed by atoms with E-state index in [2.05, 4.69) is 4.98 Å². The summed E-state index contributed by atoms with van der Waals surface area (Å²) in [6, 6.07) is 1.91. The van der Waals surface area contributed by atoms with Gasteiger partial charge in [-0.25, -0.2) is 8.78 Å². The van der Waals surface area contributed by atoms with E-state index in [-0.39, 0.29) is 6.29 Å². The second kappa shape index (κ2) is 4.39. The molecule has 6 nitrogen and oxygen atoms in total. The molecule has 0 N–H and O–H groups in total. The van der Waals surface area contributed by atoms with Crippen molar-refractivity contribution >= 4 is 12.1 Å². The topological polar surface area (TPSA) is 96.9 Å². The summed E-state index contributed by atoms with van der Waals surface area (Å²) in [5, 5.41) is 18.9. The number of alkyl halides is 2. The lowest BCUT2D eigenvalue weighted by Crippen LogP contribution is -2.04. The van der Waals surface area contributed by atoms with E-state index in [0.29, 0.717) is 6.07 Å². The molecule has 0 fully saturated rings. The van der Waals surface area contributed by atoms with Gasteiger partial charge in [0.05, 0.1) is 5.56 Å². The van der Waals surface area contributed by atoms with Crippen molar-refractivity contribution in [1.29, 1.82) is 5.26 Å². The zero-order chi connectivity index (χ0) is 12.3. The first-order valence-corrected chi connectivity index (χ1v) is 3.84. The maximum absolute atomic E-state index is 12.4. The summed E-state index contributed by atoms with van der Waals surface area (Å²) in [4.78, 5) is 22.9. The van der Waals surface area contributed by atoms with Crippen molar-refractivity contribution in [1.82, 2.24) is 4.98 Å². The number of carbonyl (C=O) groups excluding carboxylic acids is 1. The van der Waals surface area contributed by atoms with Gasteiger partial charge in [-0.1, -0.05) is 0 Å². The van der Waals surface area contributed by atoms with Gasteiger partial charge in [0.25, 0.3) is 12.1 Å². The zero-order valence-electron chi connectivity index (χ0n) is 7.55. The fraction of sp³-hybridized carbons (Fsp3) is 0.125. The molecule has 0 unspecified atom stereocenters. The monoisotopic (exact) mass is 227 g/mol. The SMILES string of the molecule is N#Cc1nc([N+](=O)[O-])c(C=O)cc1C(F)F. The van der Waals surface area contributed by atoms with Crippen molar-refractivity contribution in [2.45, 2.75) is 6.43 Å². The summed E-state index contributed by atoms with van der Waals surface area (Å²) in [5.74, 6) is -0.907. The van der Waals surface area contributed by atoms with Crippen molar-refractivity contribution in [3.8, 4) is 6.07 Å². The molecule has 0 radical (unpaired) electrons. The van der Waals surface area contributed by atoms with Crippen LogP contribution in [0, 0.1) is 21.4 Å². The number of aromatic nitrogens is 1. The lowest BCUT2D eigenvalue weighted by atomic mass is 10.1. The molecule has 0 aliphatic rings. The first-order chi connectivity index (χ1) is 7.51. The standard InChI is InChI=1S/C8H3F2N3O3/c9-7(10)5-1-4(3-14)8(13(15)16)12-6(5)2-11/h1,3,7H. The number of carbonyl (C=O) groups is 1. The van der Waals surface area contributed by atoms with Crippen LogP contribution in [0.2, 0.25) is 0 Å². The minimum atomic E-state index is -3.03. The number of pyridine rings is 1. The number of halogens is 2. The Balaban J connectivity index is 3.54. The van der Waals surface area contributed by atoms with E-state index < -0.39 is 34.0 Å². The first kappa shape index (κ1) is 11.6. The molecule has 0 aliphatic carbocycles. The zero-order valence-corrected chi connectivity index (χ0v) is 7.55. The molecule has 1 aromatic heterocycles. The second-order valence-electron chi connectivity index (χ2n) is 2.63. The Morgan fingerprint density at radius 3 is 2.62 bits per heavy atom. The van der Waals surface area contributed by atoms with Crippen LogP contribution in [0.4, 0.5) is 14.6 Å². The number of rotatable bonds is 3. The molecule has 1 heterocycles. The third-order valence-electron chi connectivity index (χ3n) is 1.70. The smallest absolute Gasteiger partial charge is 0.358 e. The number of nitro groups is 1. The van der Waals surface area contributed by atoms with Crippen LogP contribution in [0.5, 0.6) is 0 Å². The largest absolute Gasteiger partial charge is 0.375 e. The van der Waals surface area contributed by atoms with E-state index in [4.69, 9.17) is 5.26 Å². The molecular formula is C8H3F2N3O3. The minimum absolute atomic E-state index is 0.0398. The summed E-state index contributed by atoms with van der Waals surface area (Å²) < 4.78 is 24.8. The van der Waals surface area contributed by atoms with Gasteiger partial charge in [0.1, 0.15) is 11.6 Å². The van der Waals surface area contributed by atoms with Crippen LogP contribution >= 0.6 is 0 Å². The molecular weight excluding hydrogens is 224 g/mol. The number of nitrogens with zero attached hydrogens (tertiary/aromatic N) is 3. The molecule has 0 spiro atoms. The van der Waals surface area contributed by atoms with E-state index >= 15 is 0 Å². The Hall–Kier alpha value is -2.43. The Labute approximate surface area is 87.3 Å². The normalized spacial score (nSPS) is 9.88. The van der Waals surface area contributed by atoms with Gasteiger partial charge in [-0.3, -0.25) is 4.79 Å². The summed E-state index contributed by atoms with van der Waals surface area (Å²) in [6.07, 6.45) is -2.99. The van der Waals surface area contributed by atoms with E-state index in [9.17, 15) is 23.7 Å². The van der Waals surface area contributed by atoms with Gasteiger partial charge in [-0.2, -0.15) is 5.26 Å². The van der Waals surface area contributed by atoms with Crippen LogP contribution in [-0.4, -0.2) is 16.2 Å². The Morgan fingerprint density at radius 1 is 1.62 bits per heavy atom. The lowest BCUT2D eigenvalue weighted by molar-refractivity contribution is -0.389. The minimum Gasteiger partial charge on any atom is -0.358 e.